The largest absolute Gasteiger partial charge is 0.452 e. The van der Waals surface area contributed by atoms with Crippen LogP contribution in [0.25, 0.3) is 0 Å². The quantitative estimate of drug-likeness (QED) is 0.800. The number of halogens is 2. The standard InChI is InChI=1S/C18H18ClFN2O3/c1-22(2)14-5-3-4-13(9-14)18(24)25-11-17(23)21-10-12-6-7-16(20)15(19)8-12/h3-9H,10-11H2,1-2H3,(H,21,23). The predicted molar refractivity (Wildman–Crippen MR) is 94.3 cm³/mol. The number of rotatable bonds is 6. The van der Waals surface area contributed by atoms with E-state index >= 15 is 0 Å². The van der Waals surface area contributed by atoms with Gasteiger partial charge >= 0.3 is 5.97 Å². The highest BCUT2D eigenvalue weighted by atomic mass is 35.5. The first kappa shape index (κ1) is 18.7. The number of hydrogen-bond acceptors (Lipinski definition) is 4. The Hall–Kier alpha value is -2.60. The Morgan fingerprint density at radius 3 is 2.64 bits per heavy atom. The molecule has 0 saturated heterocycles. The molecular formula is C18H18ClFN2O3. The van der Waals surface area contributed by atoms with Gasteiger partial charge in [-0.25, -0.2) is 9.18 Å². The number of ether oxygens (including phenoxy) is 1. The molecule has 0 bridgehead atoms. The highest BCUT2D eigenvalue weighted by Gasteiger charge is 2.11. The van der Waals surface area contributed by atoms with Crippen molar-refractivity contribution in [1.29, 1.82) is 0 Å². The minimum Gasteiger partial charge on any atom is -0.452 e. The molecule has 2 aromatic carbocycles. The second-order valence-corrected chi connectivity index (χ2v) is 5.95. The Kier molecular flexibility index (Phi) is 6.36. The van der Waals surface area contributed by atoms with Gasteiger partial charge in [-0.2, -0.15) is 0 Å². The summed E-state index contributed by atoms with van der Waals surface area (Å²) in [5, 5.41) is 2.56. The Bertz CT molecular complexity index is 781. The molecule has 0 fully saturated rings. The number of anilines is 1. The molecule has 132 valence electrons. The summed E-state index contributed by atoms with van der Waals surface area (Å²) in [6.45, 7) is -0.244. The molecule has 0 aliphatic carbocycles. The van der Waals surface area contributed by atoms with E-state index in [9.17, 15) is 14.0 Å². The van der Waals surface area contributed by atoms with Gasteiger partial charge in [-0.3, -0.25) is 4.79 Å². The number of carbonyl (C=O) groups is 2. The molecular weight excluding hydrogens is 347 g/mol. The van der Waals surface area contributed by atoms with Gasteiger partial charge in [-0.05, 0) is 35.9 Å². The van der Waals surface area contributed by atoms with Gasteiger partial charge in [0, 0.05) is 26.3 Å². The molecule has 5 nitrogen and oxygen atoms in total. The number of amides is 1. The van der Waals surface area contributed by atoms with Gasteiger partial charge in [-0.1, -0.05) is 23.7 Å². The Balaban J connectivity index is 1.84. The summed E-state index contributed by atoms with van der Waals surface area (Å²) in [7, 11) is 3.72. The summed E-state index contributed by atoms with van der Waals surface area (Å²) in [5.74, 6) is -1.56. The maximum Gasteiger partial charge on any atom is 0.338 e. The van der Waals surface area contributed by atoms with E-state index in [1.165, 1.54) is 18.2 Å². The second kappa shape index (κ2) is 8.48. The number of benzene rings is 2. The fraction of sp³-hybridized carbons (Fsp3) is 0.222. The summed E-state index contributed by atoms with van der Waals surface area (Å²) in [6.07, 6.45) is 0. The summed E-state index contributed by atoms with van der Waals surface area (Å²) < 4.78 is 18.1. The lowest BCUT2D eigenvalue weighted by atomic mass is 10.2. The second-order valence-electron chi connectivity index (χ2n) is 5.55. The maximum atomic E-state index is 13.1. The molecule has 0 aromatic heterocycles. The van der Waals surface area contributed by atoms with Gasteiger partial charge in [0.25, 0.3) is 5.91 Å². The molecule has 0 saturated carbocycles. The highest BCUT2D eigenvalue weighted by molar-refractivity contribution is 6.30. The number of nitrogens with one attached hydrogen (secondary N) is 1. The third-order valence-electron chi connectivity index (χ3n) is 3.41. The van der Waals surface area contributed by atoms with Gasteiger partial charge in [0.15, 0.2) is 6.61 Å². The highest BCUT2D eigenvalue weighted by Crippen LogP contribution is 2.16. The van der Waals surface area contributed by atoms with Crippen LogP contribution in [0.1, 0.15) is 15.9 Å². The van der Waals surface area contributed by atoms with Crippen molar-refractivity contribution >= 4 is 29.2 Å². The zero-order chi connectivity index (χ0) is 18.4. The minimum absolute atomic E-state index is 0.0149. The smallest absolute Gasteiger partial charge is 0.338 e. The molecule has 0 aliphatic heterocycles. The Labute approximate surface area is 150 Å². The van der Waals surface area contributed by atoms with E-state index in [2.05, 4.69) is 5.32 Å². The summed E-state index contributed by atoms with van der Waals surface area (Å²) in [5.41, 5.74) is 1.86. The van der Waals surface area contributed by atoms with E-state index < -0.39 is 24.3 Å². The molecule has 1 N–H and O–H groups in total. The molecule has 0 unspecified atom stereocenters. The third kappa shape index (κ3) is 5.46. The van der Waals surface area contributed by atoms with E-state index in [0.717, 1.165) is 5.69 Å². The lowest BCUT2D eigenvalue weighted by molar-refractivity contribution is -0.124. The molecule has 0 aliphatic rings. The van der Waals surface area contributed by atoms with Crippen molar-refractivity contribution in [3.8, 4) is 0 Å². The zero-order valence-electron chi connectivity index (χ0n) is 13.9. The fourth-order valence-electron chi connectivity index (χ4n) is 2.03. The van der Waals surface area contributed by atoms with Crippen LogP contribution in [0.3, 0.4) is 0 Å². The molecule has 2 rings (SSSR count). The summed E-state index contributed by atoms with van der Waals surface area (Å²) in [4.78, 5) is 25.6. The SMILES string of the molecule is CN(C)c1cccc(C(=O)OCC(=O)NCc2ccc(F)c(Cl)c2)c1. The molecule has 0 radical (unpaired) electrons. The number of nitrogens with zero attached hydrogens (tertiary/aromatic N) is 1. The first-order valence-electron chi connectivity index (χ1n) is 7.52. The van der Waals surface area contributed by atoms with Gasteiger partial charge in [0.1, 0.15) is 5.82 Å². The molecule has 25 heavy (non-hydrogen) atoms. The summed E-state index contributed by atoms with van der Waals surface area (Å²) in [6, 6.07) is 11.1. The van der Waals surface area contributed by atoms with E-state index in [1.807, 2.05) is 25.1 Å². The van der Waals surface area contributed by atoms with Crippen LogP contribution in [-0.2, 0) is 16.1 Å². The van der Waals surface area contributed by atoms with E-state index in [1.54, 1.807) is 18.2 Å². The predicted octanol–water partition coefficient (Wildman–Crippen LogP) is 3.02. The van der Waals surface area contributed by atoms with Crippen molar-refractivity contribution in [1.82, 2.24) is 5.32 Å². The van der Waals surface area contributed by atoms with Gasteiger partial charge < -0.3 is 15.0 Å². The first-order chi connectivity index (χ1) is 11.9. The first-order valence-corrected chi connectivity index (χ1v) is 7.90. The van der Waals surface area contributed by atoms with Crippen molar-refractivity contribution in [2.45, 2.75) is 6.54 Å². The average Bonchev–Trinajstić information content (AvgIpc) is 2.60. The van der Waals surface area contributed by atoms with Gasteiger partial charge in [0.05, 0.1) is 10.6 Å². The number of hydrogen-bond donors (Lipinski definition) is 1. The maximum absolute atomic E-state index is 13.1. The fourth-order valence-corrected chi connectivity index (χ4v) is 2.23. The topological polar surface area (TPSA) is 58.6 Å². The molecule has 0 heterocycles. The van der Waals surface area contributed by atoms with Crippen LogP contribution in [0.4, 0.5) is 10.1 Å². The van der Waals surface area contributed by atoms with E-state index in [0.29, 0.717) is 11.1 Å². The van der Waals surface area contributed by atoms with Gasteiger partial charge in [0.2, 0.25) is 0 Å². The molecule has 1 amide bonds. The van der Waals surface area contributed by atoms with Crippen molar-refractivity contribution in [2.24, 2.45) is 0 Å². The van der Waals surface area contributed by atoms with E-state index in [-0.39, 0.29) is 11.6 Å². The van der Waals surface area contributed by atoms with Crippen molar-refractivity contribution < 1.29 is 18.7 Å². The number of carbonyl (C=O) groups excluding carboxylic acids is 2. The Morgan fingerprint density at radius 2 is 1.96 bits per heavy atom. The lowest BCUT2D eigenvalue weighted by Gasteiger charge is -2.13. The monoisotopic (exact) mass is 364 g/mol. The van der Waals surface area contributed by atoms with Crippen molar-refractivity contribution in [3.63, 3.8) is 0 Å². The van der Waals surface area contributed by atoms with Crippen LogP contribution in [0.5, 0.6) is 0 Å². The average molecular weight is 365 g/mol. The van der Waals surface area contributed by atoms with Gasteiger partial charge in [-0.15, -0.1) is 0 Å². The molecule has 0 atom stereocenters. The van der Waals surface area contributed by atoms with Crippen LogP contribution in [0, 0.1) is 5.82 Å². The van der Waals surface area contributed by atoms with Crippen molar-refractivity contribution in [2.75, 3.05) is 25.6 Å². The van der Waals surface area contributed by atoms with Crippen LogP contribution < -0.4 is 10.2 Å². The molecule has 2 aromatic rings. The van der Waals surface area contributed by atoms with Crippen LogP contribution >= 0.6 is 11.6 Å². The third-order valence-corrected chi connectivity index (χ3v) is 3.70. The normalized spacial score (nSPS) is 10.2. The Morgan fingerprint density at radius 1 is 1.20 bits per heavy atom. The van der Waals surface area contributed by atoms with Crippen LogP contribution in [0.15, 0.2) is 42.5 Å². The minimum atomic E-state index is -0.580. The van der Waals surface area contributed by atoms with Crippen molar-refractivity contribution in [3.05, 3.63) is 64.4 Å². The van der Waals surface area contributed by atoms with Crippen LogP contribution in [-0.4, -0.2) is 32.6 Å². The lowest BCUT2D eigenvalue weighted by Crippen LogP contribution is -2.28. The number of esters is 1. The zero-order valence-corrected chi connectivity index (χ0v) is 14.6. The van der Waals surface area contributed by atoms with E-state index in [4.69, 9.17) is 16.3 Å². The summed E-state index contributed by atoms with van der Waals surface area (Å²) >= 11 is 5.67. The van der Waals surface area contributed by atoms with Crippen LogP contribution in [0.2, 0.25) is 5.02 Å². The molecule has 7 heteroatoms. The molecule has 0 spiro atoms.